The summed E-state index contributed by atoms with van der Waals surface area (Å²) < 4.78 is 5.23. The van der Waals surface area contributed by atoms with Crippen molar-refractivity contribution in [1.82, 2.24) is 0 Å². The predicted molar refractivity (Wildman–Crippen MR) is 63.8 cm³/mol. The van der Waals surface area contributed by atoms with Crippen LogP contribution in [0.15, 0.2) is 0 Å². The summed E-state index contributed by atoms with van der Waals surface area (Å²) in [4.78, 5) is 11.4. The molecule has 0 saturated heterocycles. The molecular weight excluding hydrogens is 188 g/mol. The number of carbonyl (C=O) groups excluding carboxylic acids is 1. The Balaban J connectivity index is 3.57. The maximum absolute atomic E-state index is 11.4. The van der Waals surface area contributed by atoms with Crippen molar-refractivity contribution in [1.29, 1.82) is 0 Å². The summed E-state index contributed by atoms with van der Waals surface area (Å²) in [6, 6.07) is 0. The molecule has 90 valence electrons. The first-order valence-corrected chi connectivity index (χ1v) is 5.82. The molecule has 0 amide bonds. The first kappa shape index (κ1) is 14.5. The number of ether oxygens (including phenoxy) is 1. The van der Waals surface area contributed by atoms with E-state index in [2.05, 4.69) is 20.8 Å². The molecule has 0 unspecified atom stereocenters. The minimum absolute atomic E-state index is 0.0728. The molecule has 0 heterocycles. The van der Waals surface area contributed by atoms with Gasteiger partial charge in [-0.15, -0.1) is 0 Å². The molecule has 0 aromatic rings. The number of carbonyl (C=O) groups is 1. The molecule has 0 spiro atoms. The Morgan fingerprint density at radius 3 is 1.93 bits per heavy atom. The van der Waals surface area contributed by atoms with Gasteiger partial charge >= 0.3 is 5.97 Å². The van der Waals surface area contributed by atoms with Crippen LogP contribution in [0.4, 0.5) is 0 Å². The summed E-state index contributed by atoms with van der Waals surface area (Å²) in [5.41, 5.74) is 0.0229. The minimum atomic E-state index is -0.346. The Morgan fingerprint density at radius 2 is 1.53 bits per heavy atom. The second-order valence-corrected chi connectivity index (χ2v) is 6.35. The lowest BCUT2D eigenvalue weighted by molar-refractivity contribution is -0.154. The van der Waals surface area contributed by atoms with Gasteiger partial charge in [0.15, 0.2) is 0 Å². The maximum atomic E-state index is 11.4. The van der Waals surface area contributed by atoms with E-state index in [4.69, 9.17) is 4.74 Å². The molecule has 0 aliphatic heterocycles. The van der Waals surface area contributed by atoms with Gasteiger partial charge in [0.1, 0.15) is 5.60 Å². The van der Waals surface area contributed by atoms with E-state index in [0.717, 1.165) is 19.3 Å². The predicted octanol–water partition coefficient (Wildman–Crippen LogP) is 3.93. The van der Waals surface area contributed by atoms with Gasteiger partial charge in [0.05, 0.1) is 0 Å². The van der Waals surface area contributed by atoms with Crippen LogP contribution in [0.3, 0.4) is 0 Å². The van der Waals surface area contributed by atoms with Crippen LogP contribution in [-0.2, 0) is 9.53 Å². The molecule has 0 N–H and O–H groups in total. The van der Waals surface area contributed by atoms with E-state index in [0.29, 0.717) is 11.8 Å². The normalized spacial score (nSPS) is 12.7. The minimum Gasteiger partial charge on any atom is -0.460 e. The fourth-order valence-corrected chi connectivity index (χ4v) is 1.32. The summed E-state index contributed by atoms with van der Waals surface area (Å²) >= 11 is 0. The first-order chi connectivity index (χ1) is 6.60. The summed E-state index contributed by atoms with van der Waals surface area (Å²) in [7, 11) is 0. The zero-order chi connectivity index (χ0) is 12.1. The Bertz CT molecular complexity index is 194. The van der Waals surface area contributed by atoms with Crippen LogP contribution >= 0.6 is 0 Å². The van der Waals surface area contributed by atoms with Crippen LogP contribution in [0.1, 0.15) is 67.2 Å². The number of hydrogen-bond donors (Lipinski definition) is 0. The smallest absolute Gasteiger partial charge is 0.306 e. The van der Waals surface area contributed by atoms with E-state index in [1.165, 1.54) is 0 Å². The van der Waals surface area contributed by atoms with Gasteiger partial charge in [-0.05, 0) is 39.0 Å². The van der Waals surface area contributed by atoms with Crippen molar-refractivity contribution in [3.05, 3.63) is 0 Å². The quantitative estimate of drug-likeness (QED) is 0.523. The number of rotatable bonds is 4. The summed E-state index contributed by atoms with van der Waals surface area (Å²) in [5.74, 6) is -0.0728. The number of unbranched alkanes of at least 4 members (excludes halogenated alkanes) is 1. The molecule has 0 aromatic heterocycles. The summed E-state index contributed by atoms with van der Waals surface area (Å²) in [6.45, 7) is 12.4. The van der Waals surface area contributed by atoms with Crippen LogP contribution in [0.25, 0.3) is 0 Å². The van der Waals surface area contributed by atoms with Crippen LogP contribution in [0.2, 0.25) is 0 Å². The van der Waals surface area contributed by atoms with Crippen LogP contribution < -0.4 is 0 Å². The Morgan fingerprint density at radius 1 is 1.00 bits per heavy atom. The fraction of sp³-hybridized carbons (Fsp3) is 0.923. The van der Waals surface area contributed by atoms with Gasteiger partial charge in [0, 0.05) is 6.42 Å². The third-order valence-electron chi connectivity index (χ3n) is 1.98. The summed E-state index contributed by atoms with van der Waals surface area (Å²) in [5, 5.41) is 0. The molecule has 0 saturated carbocycles. The highest BCUT2D eigenvalue weighted by Crippen LogP contribution is 2.22. The van der Waals surface area contributed by atoms with Gasteiger partial charge < -0.3 is 4.74 Å². The topological polar surface area (TPSA) is 26.3 Å². The molecule has 0 bridgehead atoms. The lowest BCUT2D eigenvalue weighted by atomic mass is 9.89. The highest BCUT2D eigenvalue weighted by molar-refractivity contribution is 5.69. The lowest BCUT2D eigenvalue weighted by Gasteiger charge is -2.20. The molecule has 0 aromatic carbocycles. The van der Waals surface area contributed by atoms with Crippen LogP contribution in [-0.4, -0.2) is 11.6 Å². The Kier molecular flexibility index (Phi) is 5.33. The van der Waals surface area contributed by atoms with Gasteiger partial charge in [0.25, 0.3) is 0 Å². The molecule has 0 aliphatic rings. The Hall–Kier alpha value is -0.530. The highest BCUT2D eigenvalue weighted by Gasteiger charge is 2.16. The second kappa shape index (κ2) is 5.53. The van der Waals surface area contributed by atoms with E-state index in [1.807, 2.05) is 20.8 Å². The highest BCUT2D eigenvalue weighted by atomic mass is 16.6. The van der Waals surface area contributed by atoms with Gasteiger partial charge in [-0.3, -0.25) is 4.79 Å². The van der Waals surface area contributed by atoms with E-state index < -0.39 is 0 Å². The molecule has 0 atom stereocenters. The molecule has 2 heteroatoms. The van der Waals surface area contributed by atoms with E-state index in [1.54, 1.807) is 0 Å². The molecular formula is C13H26O2. The van der Waals surface area contributed by atoms with Crippen molar-refractivity contribution in [2.45, 2.75) is 72.8 Å². The van der Waals surface area contributed by atoms with Crippen molar-refractivity contribution in [3.63, 3.8) is 0 Å². The van der Waals surface area contributed by atoms with E-state index in [9.17, 15) is 4.79 Å². The fourth-order valence-electron chi connectivity index (χ4n) is 1.32. The number of esters is 1. The van der Waals surface area contributed by atoms with Crippen molar-refractivity contribution >= 4 is 5.97 Å². The van der Waals surface area contributed by atoms with Crippen LogP contribution in [0.5, 0.6) is 0 Å². The monoisotopic (exact) mass is 214 g/mol. The largest absolute Gasteiger partial charge is 0.460 e. The van der Waals surface area contributed by atoms with E-state index in [-0.39, 0.29) is 11.6 Å². The van der Waals surface area contributed by atoms with Gasteiger partial charge in [0.2, 0.25) is 0 Å². The third-order valence-corrected chi connectivity index (χ3v) is 1.98. The average molecular weight is 214 g/mol. The first-order valence-electron chi connectivity index (χ1n) is 5.82. The molecule has 2 nitrogen and oxygen atoms in total. The van der Waals surface area contributed by atoms with Crippen molar-refractivity contribution < 1.29 is 9.53 Å². The molecule has 0 aliphatic carbocycles. The Labute approximate surface area is 94.4 Å². The van der Waals surface area contributed by atoms with Crippen molar-refractivity contribution in [3.8, 4) is 0 Å². The summed E-state index contributed by atoms with van der Waals surface area (Å²) in [6.07, 6.45) is 3.75. The van der Waals surface area contributed by atoms with Gasteiger partial charge in [-0.1, -0.05) is 27.2 Å². The zero-order valence-corrected chi connectivity index (χ0v) is 11.1. The molecule has 0 rings (SSSR count). The molecule has 0 fully saturated rings. The number of hydrogen-bond acceptors (Lipinski definition) is 2. The third kappa shape index (κ3) is 11.4. The lowest BCUT2D eigenvalue weighted by Crippen LogP contribution is -2.23. The van der Waals surface area contributed by atoms with Gasteiger partial charge in [-0.25, -0.2) is 0 Å². The standard InChI is InChI=1S/C13H26O2/c1-12(2,3)10-8-7-9-11(14)15-13(4,5)6/h7-10H2,1-6H3. The van der Waals surface area contributed by atoms with Gasteiger partial charge in [-0.2, -0.15) is 0 Å². The molecule has 0 radical (unpaired) electrons. The SMILES string of the molecule is CC(C)(C)CCCCC(=O)OC(C)(C)C. The average Bonchev–Trinajstić information content (AvgIpc) is 1.92. The van der Waals surface area contributed by atoms with Crippen molar-refractivity contribution in [2.24, 2.45) is 5.41 Å². The maximum Gasteiger partial charge on any atom is 0.306 e. The second-order valence-electron chi connectivity index (χ2n) is 6.35. The van der Waals surface area contributed by atoms with Crippen LogP contribution in [0, 0.1) is 5.41 Å². The molecule has 15 heavy (non-hydrogen) atoms. The zero-order valence-electron chi connectivity index (χ0n) is 11.1. The van der Waals surface area contributed by atoms with Crippen molar-refractivity contribution in [2.75, 3.05) is 0 Å². The van der Waals surface area contributed by atoms with E-state index >= 15 is 0 Å².